The zero-order valence-electron chi connectivity index (χ0n) is 12.1. The van der Waals surface area contributed by atoms with E-state index in [9.17, 15) is 0 Å². The van der Waals surface area contributed by atoms with Gasteiger partial charge in [-0.1, -0.05) is 26.0 Å². The zero-order chi connectivity index (χ0) is 14.4. The van der Waals surface area contributed by atoms with Gasteiger partial charge in [0.1, 0.15) is 17.2 Å². The minimum atomic E-state index is 0.633. The van der Waals surface area contributed by atoms with Crippen molar-refractivity contribution in [2.24, 2.45) is 0 Å². The smallest absolute Gasteiger partial charge is 0.145 e. The summed E-state index contributed by atoms with van der Waals surface area (Å²) in [7, 11) is 0. The van der Waals surface area contributed by atoms with Crippen molar-refractivity contribution in [1.29, 1.82) is 0 Å². The largest absolute Gasteiger partial charge is 0.491 e. The fraction of sp³-hybridized carbons (Fsp3) is 0.294. The van der Waals surface area contributed by atoms with Crippen LogP contribution in [0.1, 0.15) is 25.8 Å². The molecule has 0 amide bonds. The standard InChI is InChI=1S/C17H21NO2/c1-3-10-19-17-12-15(8-9-16(17)18)20-14-7-5-6-13(4-2)11-14/h5-9,11-12H,3-4,10,18H2,1-2H3. The normalized spacial score (nSPS) is 10.3. The maximum Gasteiger partial charge on any atom is 0.145 e. The van der Waals surface area contributed by atoms with Gasteiger partial charge in [-0.3, -0.25) is 0 Å². The van der Waals surface area contributed by atoms with Crippen molar-refractivity contribution in [3.63, 3.8) is 0 Å². The van der Waals surface area contributed by atoms with E-state index in [2.05, 4.69) is 19.9 Å². The molecule has 0 fully saturated rings. The average Bonchev–Trinajstić information content (AvgIpc) is 2.48. The zero-order valence-corrected chi connectivity index (χ0v) is 12.1. The van der Waals surface area contributed by atoms with Crippen molar-refractivity contribution < 1.29 is 9.47 Å². The van der Waals surface area contributed by atoms with Gasteiger partial charge in [-0.25, -0.2) is 0 Å². The van der Waals surface area contributed by atoms with Crippen molar-refractivity contribution in [3.05, 3.63) is 48.0 Å². The Morgan fingerprint density at radius 3 is 2.55 bits per heavy atom. The highest BCUT2D eigenvalue weighted by Gasteiger charge is 2.04. The second-order valence-corrected chi connectivity index (χ2v) is 4.65. The summed E-state index contributed by atoms with van der Waals surface area (Å²) in [6.45, 7) is 4.84. The summed E-state index contributed by atoms with van der Waals surface area (Å²) in [5.74, 6) is 2.24. The molecule has 0 atom stereocenters. The number of nitrogens with two attached hydrogens (primary N) is 1. The van der Waals surface area contributed by atoms with Crippen LogP contribution in [0, 0.1) is 0 Å². The Hall–Kier alpha value is -2.16. The third kappa shape index (κ3) is 3.67. The van der Waals surface area contributed by atoms with Gasteiger partial charge in [0, 0.05) is 6.07 Å². The number of hydrogen-bond acceptors (Lipinski definition) is 3. The van der Waals surface area contributed by atoms with Crippen LogP contribution in [0.2, 0.25) is 0 Å². The number of benzene rings is 2. The molecule has 0 spiro atoms. The van der Waals surface area contributed by atoms with Crippen molar-refractivity contribution in [2.45, 2.75) is 26.7 Å². The van der Waals surface area contributed by atoms with Crippen LogP contribution in [0.3, 0.4) is 0 Å². The van der Waals surface area contributed by atoms with E-state index in [0.717, 1.165) is 24.3 Å². The van der Waals surface area contributed by atoms with E-state index < -0.39 is 0 Å². The Morgan fingerprint density at radius 2 is 1.80 bits per heavy atom. The first-order valence-corrected chi connectivity index (χ1v) is 7.02. The summed E-state index contributed by atoms with van der Waals surface area (Å²) in [5.41, 5.74) is 7.77. The summed E-state index contributed by atoms with van der Waals surface area (Å²) >= 11 is 0. The third-order valence-electron chi connectivity index (χ3n) is 2.99. The van der Waals surface area contributed by atoms with Crippen molar-refractivity contribution in [3.8, 4) is 17.2 Å². The third-order valence-corrected chi connectivity index (χ3v) is 2.99. The first-order chi connectivity index (χ1) is 9.72. The van der Waals surface area contributed by atoms with Crippen LogP contribution in [0.15, 0.2) is 42.5 Å². The highest BCUT2D eigenvalue weighted by atomic mass is 16.5. The lowest BCUT2D eigenvalue weighted by molar-refractivity contribution is 0.317. The van der Waals surface area contributed by atoms with Crippen LogP contribution in [-0.4, -0.2) is 6.61 Å². The first-order valence-electron chi connectivity index (χ1n) is 7.02. The highest BCUT2D eigenvalue weighted by Crippen LogP contribution is 2.30. The maximum absolute atomic E-state index is 5.89. The minimum Gasteiger partial charge on any atom is -0.491 e. The molecule has 0 aliphatic heterocycles. The van der Waals surface area contributed by atoms with E-state index >= 15 is 0 Å². The van der Waals surface area contributed by atoms with Gasteiger partial charge in [-0.2, -0.15) is 0 Å². The molecule has 2 N–H and O–H groups in total. The Morgan fingerprint density at radius 1 is 1.00 bits per heavy atom. The number of nitrogen functional groups attached to an aromatic ring is 1. The molecule has 2 aromatic carbocycles. The molecule has 0 bridgehead atoms. The van der Waals surface area contributed by atoms with E-state index in [1.54, 1.807) is 0 Å². The van der Waals surface area contributed by atoms with E-state index in [1.807, 2.05) is 36.4 Å². The summed E-state index contributed by atoms with van der Waals surface area (Å²) in [4.78, 5) is 0. The fourth-order valence-corrected chi connectivity index (χ4v) is 1.88. The monoisotopic (exact) mass is 271 g/mol. The quantitative estimate of drug-likeness (QED) is 0.791. The van der Waals surface area contributed by atoms with Crippen LogP contribution < -0.4 is 15.2 Å². The van der Waals surface area contributed by atoms with Crippen LogP contribution in [0.4, 0.5) is 5.69 Å². The summed E-state index contributed by atoms with van der Waals surface area (Å²) in [6, 6.07) is 13.6. The van der Waals surface area contributed by atoms with Gasteiger partial charge < -0.3 is 15.2 Å². The van der Waals surface area contributed by atoms with Crippen LogP contribution in [0.5, 0.6) is 17.2 Å². The van der Waals surface area contributed by atoms with Gasteiger partial charge in [0.25, 0.3) is 0 Å². The molecule has 0 saturated carbocycles. The van der Waals surface area contributed by atoms with Crippen LogP contribution in [0.25, 0.3) is 0 Å². The number of hydrogen-bond donors (Lipinski definition) is 1. The second kappa shape index (κ2) is 6.85. The molecule has 2 rings (SSSR count). The lowest BCUT2D eigenvalue weighted by Crippen LogP contribution is -1.99. The van der Waals surface area contributed by atoms with Gasteiger partial charge in [-0.05, 0) is 42.7 Å². The summed E-state index contributed by atoms with van der Waals surface area (Å²) in [6.07, 6.45) is 1.94. The fourth-order valence-electron chi connectivity index (χ4n) is 1.88. The molecule has 3 heteroatoms. The van der Waals surface area contributed by atoms with Gasteiger partial charge >= 0.3 is 0 Å². The molecule has 2 aromatic rings. The summed E-state index contributed by atoms with van der Waals surface area (Å²) < 4.78 is 11.5. The van der Waals surface area contributed by atoms with Gasteiger partial charge in [-0.15, -0.1) is 0 Å². The molecular weight excluding hydrogens is 250 g/mol. The van der Waals surface area contributed by atoms with Crippen molar-refractivity contribution in [1.82, 2.24) is 0 Å². The lowest BCUT2D eigenvalue weighted by Gasteiger charge is -2.11. The molecule has 0 aromatic heterocycles. The molecule has 0 aliphatic rings. The Balaban J connectivity index is 2.16. The molecule has 3 nitrogen and oxygen atoms in total. The average molecular weight is 271 g/mol. The predicted molar refractivity (Wildman–Crippen MR) is 82.5 cm³/mol. The maximum atomic E-state index is 5.89. The molecule has 0 aliphatic carbocycles. The van der Waals surface area contributed by atoms with Crippen molar-refractivity contribution >= 4 is 5.69 Å². The second-order valence-electron chi connectivity index (χ2n) is 4.65. The SMILES string of the molecule is CCCOc1cc(Oc2cccc(CC)c2)ccc1N. The minimum absolute atomic E-state index is 0.633. The highest BCUT2D eigenvalue weighted by molar-refractivity contribution is 5.56. The number of ether oxygens (including phenoxy) is 2. The van der Waals surface area contributed by atoms with E-state index in [1.165, 1.54) is 5.56 Å². The van der Waals surface area contributed by atoms with E-state index in [0.29, 0.717) is 18.0 Å². The Labute approximate surface area is 120 Å². The molecule has 106 valence electrons. The number of aryl methyl sites for hydroxylation is 1. The molecule has 0 unspecified atom stereocenters. The summed E-state index contributed by atoms with van der Waals surface area (Å²) in [5, 5.41) is 0. The molecule has 20 heavy (non-hydrogen) atoms. The Kier molecular flexibility index (Phi) is 4.88. The number of anilines is 1. The molecular formula is C17H21NO2. The van der Waals surface area contributed by atoms with Gasteiger partial charge in [0.05, 0.1) is 12.3 Å². The van der Waals surface area contributed by atoms with E-state index in [-0.39, 0.29) is 0 Å². The van der Waals surface area contributed by atoms with E-state index in [4.69, 9.17) is 15.2 Å². The van der Waals surface area contributed by atoms with Crippen LogP contribution in [-0.2, 0) is 6.42 Å². The first kappa shape index (κ1) is 14.3. The molecule has 0 heterocycles. The molecule has 0 radical (unpaired) electrons. The van der Waals surface area contributed by atoms with Gasteiger partial charge in [0.15, 0.2) is 0 Å². The molecule has 0 saturated heterocycles. The topological polar surface area (TPSA) is 44.5 Å². The number of rotatable bonds is 6. The van der Waals surface area contributed by atoms with Crippen molar-refractivity contribution in [2.75, 3.05) is 12.3 Å². The van der Waals surface area contributed by atoms with Crippen LogP contribution >= 0.6 is 0 Å². The van der Waals surface area contributed by atoms with Gasteiger partial charge in [0.2, 0.25) is 0 Å². The Bertz CT molecular complexity index is 567. The predicted octanol–water partition coefficient (Wildman–Crippen LogP) is 4.41. The lowest BCUT2D eigenvalue weighted by atomic mass is 10.2.